The molecule has 0 aliphatic rings. The predicted octanol–water partition coefficient (Wildman–Crippen LogP) is 0.552. The molecular formula is C4H7N3S2. The lowest BCUT2D eigenvalue weighted by Gasteiger charge is -2.13. The molecule has 0 atom stereocenters. The van der Waals surface area contributed by atoms with Crippen molar-refractivity contribution in [3.63, 3.8) is 0 Å². The highest BCUT2D eigenvalue weighted by atomic mass is 32.2. The van der Waals surface area contributed by atoms with Crippen molar-refractivity contribution in [2.75, 3.05) is 13.3 Å². The van der Waals surface area contributed by atoms with Gasteiger partial charge in [-0.25, -0.2) is 5.43 Å². The van der Waals surface area contributed by atoms with Crippen molar-refractivity contribution in [2.24, 2.45) is 0 Å². The Morgan fingerprint density at radius 2 is 2.44 bits per heavy atom. The van der Waals surface area contributed by atoms with Crippen LogP contribution < -0.4 is 5.43 Å². The third-order valence-corrected chi connectivity index (χ3v) is 2.06. The summed E-state index contributed by atoms with van der Waals surface area (Å²) in [5, 5.41) is 9.60. The Morgan fingerprint density at radius 3 is 2.78 bits per heavy atom. The Labute approximate surface area is 64.0 Å². The smallest absolute Gasteiger partial charge is 0.197 e. The van der Waals surface area contributed by atoms with Crippen molar-refractivity contribution in [1.82, 2.24) is 10.4 Å². The standard InChI is InChI=1S/C4H7N3S2/c1-7(6-3-5)4(8)9-2/h6H,1-2H3. The number of rotatable bonds is 1. The van der Waals surface area contributed by atoms with Crippen molar-refractivity contribution in [2.45, 2.75) is 0 Å². The van der Waals surface area contributed by atoms with Gasteiger partial charge in [0.05, 0.1) is 0 Å². The minimum Gasteiger partial charge on any atom is -0.266 e. The molecule has 0 fully saturated rings. The summed E-state index contributed by atoms with van der Waals surface area (Å²) in [6.07, 6.45) is 3.62. The van der Waals surface area contributed by atoms with Crippen LogP contribution in [0.15, 0.2) is 0 Å². The molecule has 0 saturated heterocycles. The minimum atomic E-state index is 0.650. The molecule has 0 aliphatic heterocycles. The zero-order valence-corrected chi connectivity index (χ0v) is 6.84. The van der Waals surface area contributed by atoms with Crippen LogP contribution in [0.25, 0.3) is 0 Å². The fraction of sp³-hybridized carbons (Fsp3) is 0.500. The number of hydrogen-bond donors (Lipinski definition) is 1. The van der Waals surface area contributed by atoms with Crippen molar-refractivity contribution < 1.29 is 0 Å². The summed E-state index contributed by atoms with van der Waals surface area (Å²) in [5.41, 5.74) is 2.37. The molecule has 50 valence electrons. The Balaban J connectivity index is 3.62. The number of nitrogens with zero attached hydrogens (tertiary/aromatic N) is 2. The molecule has 0 saturated carbocycles. The second kappa shape index (κ2) is 4.41. The van der Waals surface area contributed by atoms with Crippen LogP contribution in [0.5, 0.6) is 0 Å². The van der Waals surface area contributed by atoms with Crippen LogP contribution in [0, 0.1) is 11.5 Å². The van der Waals surface area contributed by atoms with E-state index in [-0.39, 0.29) is 0 Å². The molecule has 9 heavy (non-hydrogen) atoms. The summed E-state index contributed by atoms with van der Waals surface area (Å²) in [7, 11) is 1.70. The van der Waals surface area contributed by atoms with Crippen molar-refractivity contribution >= 4 is 28.3 Å². The average molecular weight is 161 g/mol. The highest BCUT2D eigenvalue weighted by Crippen LogP contribution is 1.98. The second-order valence-electron chi connectivity index (χ2n) is 1.25. The quantitative estimate of drug-likeness (QED) is 0.263. The van der Waals surface area contributed by atoms with E-state index in [1.54, 1.807) is 13.2 Å². The largest absolute Gasteiger partial charge is 0.266 e. The zero-order valence-electron chi connectivity index (χ0n) is 5.21. The van der Waals surface area contributed by atoms with Gasteiger partial charge < -0.3 is 0 Å². The van der Waals surface area contributed by atoms with Gasteiger partial charge in [0.1, 0.15) is 0 Å². The fourth-order valence-electron chi connectivity index (χ4n) is 0.258. The summed E-state index contributed by atoms with van der Waals surface area (Å²) in [5.74, 6) is 0. The SMILES string of the molecule is CSC(=S)N(C)NC#N. The zero-order chi connectivity index (χ0) is 7.28. The molecule has 0 bridgehead atoms. The van der Waals surface area contributed by atoms with Crippen LogP contribution in [0.3, 0.4) is 0 Å². The first kappa shape index (κ1) is 8.53. The molecule has 5 heteroatoms. The molecule has 1 N–H and O–H groups in total. The molecule has 0 aromatic rings. The van der Waals surface area contributed by atoms with Gasteiger partial charge in [-0.3, -0.25) is 5.01 Å². The van der Waals surface area contributed by atoms with E-state index in [0.717, 1.165) is 0 Å². The van der Waals surface area contributed by atoms with Gasteiger partial charge in [0.15, 0.2) is 10.5 Å². The number of nitrogens with one attached hydrogen (secondary N) is 1. The Hall–Kier alpha value is -0.470. The molecule has 0 rings (SSSR count). The van der Waals surface area contributed by atoms with Gasteiger partial charge in [0.25, 0.3) is 0 Å². The van der Waals surface area contributed by atoms with E-state index in [9.17, 15) is 0 Å². The van der Waals surface area contributed by atoms with E-state index >= 15 is 0 Å². The number of hydrogen-bond acceptors (Lipinski definition) is 4. The molecule has 3 nitrogen and oxygen atoms in total. The van der Waals surface area contributed by atoms with Crippen molar-refractivity contribution in [1.29, 1.82) is 5.26 Å². The van der Waals surface area contributed by atoms with Crippen LogP contribution in [-0.4, -0.2) is 22.6 Å². The first-order valence-corrected chi connectivity index (χ1v) is 3.82. The molecule has 0 spiro atoms. The topological polar surface area (TPSA) is 39.1 Å². The Bertz CT molecular complexity index is 139. The van der Waals surface area contributed by atoms with E-state index in [1.165, 1.54) is 16.8 Å². The highest BCUT2D eigenvalue weighted by molar-refractivity contribution is 8.22. The number of nitriles is 1. The maximum Gasteiger partial charge on any atom is 0.197 e. The van der Waals surface area contributed by atoms with Crippen molar-refractivity contribution in [3.8, 4) is 6.19 Å². The first-order chi connectivity index (χ1) is 4.22. The van der Waals surface area contributed by atoms with Gasteiger partial charge >= 0.3 is 0 Å². The monoisotopic (exact) mass is 161 g/mol. The molecule has 0 radical (unpaired) electrons. The number of thiocarbonyl (C=S) groups is 1. The van der Waals surface area contributed by atoms with Gasteiger partial charge in [-0.2, -0.15) is 5.26 Å². The summed E-state index contributed by atoms with van der Waals surface area (Å²) in [6, 6.07) is 0. The molecule has 0 aromatic heterocycles. The molecule has 0 amide bonds. The van der Waals surface area contributed by atoms with Crippen LogP contribution >= 0.6 is 24.0 Å². The molecular weight excluding hydrogens is 154 g/mol. The number of hydrazine groups is 1. The summed E-state index contributed by atoms with van der Waals surface area (Å²) in [6.45, 7) is 0. The lowest BCUT2D eigenvalue weighted by atomic mass is 11.1. The van der Waals surface area contributed by atoms with Gasteiger partial charge in [-0.15, -0.1) is 0 Å². The van der Waals surface area contributed by atoms with Crippen LogP contribution in [0.2, 0.25) is 0 Å². The minimum absolute atomic E-state index is 0.650. The normalized spacial score (nSPS) is 7.67. The third kappa shape index (κ3) is 3.16. The maximum atomic E-state index is 8.11. The Kier molecular flexibility index (Phi) is 4.18. The second-order valence-corrected chi connectivity index (χ2v) is 2.69. The molecule has 0 aliphatic carbocycles. The summed E-state index contributed by atoms with van der Waals surface area (Å²) in [4.78, 5) is 0. The lowest BCUT2D eigenvalue weighted by molar-refractivity contribution is 0.459. The van der Waals surface area contributed by atoms with E-state index in [2.05, 4.69) is 5.43 Å². The van der Waals surface area contributed by atoms with Crippen LogP contribution in [-0.2, 0) is 0 Å². The number of thioether (sulfide) groups is 1. The van der Waals surface area contributed by atoms with E-state index < -0.39 is 0 Å². The van der Waals surface area contributed by atoms with Gasteiger partial charge in [0.2, 0.25) is 0 Å². The summed E-state index contributed by atoms with van der Waals surface area (Å²) >= 11 is 6.24. The third-order valence-electron chi connectivity index (χ3n) is 0.666. The van der Waals surface area contributed by atoms with Gasteiger partial charge in [0, 0.05) is 7.05 Å². The van der Waals surface area contributed by atoms with Crippen LogP contribution in [0.4, 0.5) is 0 Å². The highest BCUT2D eigenvalue weighted by Gasteiger charge is 1.97. The van der Waals surface area contributed by atoms with Crippen LogP contribution in [0.1, 0.15) is 0 Å². The molecule has 0 heterocycles. The van der Waals surface area contributed by atoms with E-state index in [1.807, 2.05) is 6.26 Å². The fourth-order valence-corrected chi connectivity index (χ4v) is 0.623. The Morgan fingerprint density at radius 1 is 1.89 bits per heavy atom. The van der Waals surface area contributed by atoms with E-state index in [0.29, 0.717) is 4.32 Å². The molecule has 0 aromatic carbocycles. The first-order valence-electron chi connectivity index (χ1n) is 2.18. The summed E-state index contributed by atoms with van der Waals surface area (Å²) < 4.78 is 0.650. The predicted molar refractivity (Wildman–Crippen MR) is 42.6 cm³/mol. The maximum absolute atomic E-state index is 8.11. The van der Waals surface area contributed by atoms with Gasteiger partial charge in [-0.05, 0) is 6.26 Å². The lowest BCUT2D eigenvalue weighted by Crippen LogP contribution is -2.33. The van der Waals surface area contributed by atoms with E-state index in [4.69, 9.17) is 17.5 Å². The van der Waals surface area contributed by atoms with Gasteiger partial charge in [-0.1, -0.05) is 24.0 Å². The average Bonchev–Trinajstić information content (AvgIpc) is 1.87. The van der Waals surface area contributed by atoms with Crippen molar-refractivity contribution in [3.05, 3.63) is 0 Å². The molecule has 0 unspecified atom stereocenters.